The van der Waals surface area contributed by atoms with E-state index in [0.29, 0.717) is 0 Å². The zero-order valence-corrected chi connectivity index (χ0v) is 12.2. The Morgan fingerprint density at radius 3 is 2.50 bits per heavy atom. The SMILES string of the molecule is COC(=O)[C@@H](C)[CH2][Zn]([Br])[Br]. The summed E-state index contributed by atoms with van der Waals surface area (Å²) in [5, 5.41) is 0.951. The van der Waals surface area contributed by atoms with Crippen molar-refractivity contribution in [1.82, 2.24) is 0 Å². The van der Waals surface area contributed by atoms with Gasteiger partial charge in [0, 0.05) is 0 Å². The van der Waals surface area contributed by atoms with Gasteiger partial charge in [0.15, 0.2) is 0 Å². The fourth-order valence-electron chi connectivity index (χ4n) is 0.646. The van der Waals surface area contributed by atoms with Gasteiger partial charge in [0.2, 0.25) is 0 Å². The zero-order chi connectivity index (χ0) is 8.15. The van der Waals surface area contributed by atoms with Crippen molar-refractivity contribution < 1.29 is 21.6 Å². The van der Waals surface area contributed by atoms with Gasteiger partial charge in [0.1, 0.15) is 0 Å². The Morgan fingerprint density at radius 1 is 1.70 bits per heavy atom. The first-order valence-electron chi connectivity index (χ1n) is 3.13. The number of rotatable bonds is 3. The summed E-state index contributed by atoms with van der Waals surface area (Å²) in [6, 6.07) is 0. The maximum atomic E-state index is 10.8. The van der Waals surface area contributed by atoms with Crippen LogP contribution in [0.1, 0.15) is 6.92 Å². The van der Waals surface area contributed by atoms with Crippen LogP contribution in [0.3, 0.4) is 0 Å². The van der Waals surface area contributed by atoms with Gasteiger partial charge in [-0.2, -0.15) is 0 Å². The van der Waals surface area contributed by atoms with Gasteiger partial charge in [0.05, 0.1) is 0 Å². The van der Waals surface area contributed by atoms with Gasteiger partial charge in [-0.25, -0.2) is 0 Å². The number of carbonyl (C=O) groups is 1. The first-order valence-corrected chi connectivity index (χ1v) is 19.1. The minimum absolute atomic E-state index is 0.0451. The molecule has 57 valence electrons. The van der Waals surface area contributed by atoms with Gasteiger partial charge in [-0.15, -0.1) is 0 Å². The summed E-state index contributed by atoms with van der Waals surface area (Å²) in [5.41, 5.74) is 0. The summed E-state index contributed by atoms with van der Waals surface area (Å²) in [4.78, 5) is 10.8. The summed E-state index contributed by atoms with van der Waals surface area (Å²) in [5.74, 6) is -0.0658. The second-order valence-corrected chi connectivity index (χ2v) is 27.3. The molecule has 10 heavy (non-hydrogen) atoms. The molecule has 0 amide bonds. The molecule has 0 aliphatic carbocycles. The molecule has 0 saturated heterocycles. The normalized spacial score (nSPS) is 12.4. The zero-order valence-electron chi connectivity index (χ0n) is 6.06. The molecule has 0 unspecified atom stereocenters. The van der Waals surface area contributed by atoms with Crippen LogP contribution in [0, 0.1) is 5.92 Å². The molecule has 0 spiro atoms. The van der Waals surface area contributed by atoms with Gasteiger partial charge in [-0.3, -0.25) is 0 Å². The van der Waals surface area contributed by atoms with Gasteiger partial charge in [-0.05, 0) is 0 Å². The van der Waals surface area contributed by atoms with E-state index in [9.17, 15) is 4.79 Å². The van der Waals surface area contributed by atoms with Gasteiger partial charge >= 0.3 is 79.7 Å². The van der Waals surface area contributed by atoms with Crippen molar-refractivity contribution >= 4 is 33.2 Å². The molecule has 0 aliphatic heterocycles. The second-order valence-electron chi connectivity index (χ2n) is 2.19. The third-order valence-corrected chi connectivity index (χ3v) is 8.75. The van der Waals surface area contributed by atoms with E-state index in [-0.39, 0.29) is 11.9 Å². The predicted octanol–water partition coefficient (Wildman–Crippen LogP) is 2.45. The fourth-order valence-corrected chi connectivity index (χ4v) is 9.65. The third-order valence-electron chi connectivity index (χ3n) is 1.25. The van der Waals surface area contributed by atoms with Crippen molar-refractivity contribution in [2.24, 2.45) is 5.92 Å². The molecule has 0 aromatic rings. The van der Waals surface area contributed by atoms with Gasteiger partial charge < -0.3 is 0 Å². The Kier molecular flexibility index (Phi) is 6.27. The number of methoxy groups -OCH3 is 1. The van der Waals surface area contributed by atoms with Crippen LogP contribution in [-0.2, 0) is 21.6 Å². The molecule has 2 nitrogen and oxygen atoms in total. The first-order chi connectivity index (χ1) is 4.57. The number of hydrogen-bond acceptors (Lipinski definition) is 2. The summed E-state index contributed by atoms with van der Waals surface area (Å²) in [7, 11) is 1.42. The average Bonchev–Trinajstić information content (AvgIpc) is 1.85. The molecule has 0 heterocycles. The Morgan fingerprint density at radius 2 is 2.20 bits per heavy atom. The first kappa shape index (κ1) is 11.1. The predicted molar refractivity (Wildman–Crippen MR) is 43.8 cm³/mol. The third kappa shape index (κ3) is 4.81. The minimum atomic E-state index is -1.56. The van der Waals surface area contributed by atoms with Crippen molar-refractivity contribution in [3.05, 3.63) is 0 Å². The molecule has 0 rings (SSSR count). The molecule has 0 radical (unpaired) electrons. The number of halogens is 2. The second kappa shape index (κ2) is 5.67. The Labute approximate surface area is 79.3 Å². The molecule has 0 aromatic carbocycles. The van der Waals surface area contributed by atoms with Crippen molar-refractivity contribution in [3.63, 3.8) is 0 Å². The summed E-state index contributed by atoms with van der Waals surface area (Å²) >= 11 is 5.42. The van der Waals surface area contributed by atoms with Crippen molar-refractivity contribution in [1.29, 1.82) is 0 Å². The van der Waals surface area contributed by atoms with E-state index in [4.69, 9.17) is 0 Å². The molecule has 1 atom stereocenters. The number of hydrogen-bond donors (Lipinski definition) is 0. The standard InChI is InChI=1S/C5H9O2.2BrH.Zn/c1-4(2)5(6)7-3;;;/h4H,1H2,2-3H3;2*1H;/q;;;+2/p-2/t4-;;;/m1.../s1. The van der Waals surface area contributed by atoms with Crippen LogP contribution in [0.5, 0.6) is 0 Å². The number of carbonyl (C=O) groups excluding carboxylic acids is 1. The Bertz CT molecular complexity index is 118. The van der Waals surface area contributed by atoms with Crippen LogP contribution >= 0.6 is 27.2 Å². The van der Waals surface area contributed by atoms with Gasteiger partial charge in [-0.1, -0.05) is 0 Å². The molecule has 0 aliphatic rings. The van der Waals surface area contributed by atoms with Crippen LogP contribution in [-0.4, -0.2) is 13.1 Å². The average molecular weight is 326 g/mol. The van der Waals surface area contributed by atoms with E-state index >= 15 is 0 Å². The van der Waals surface area contributed by atoms with E-state index in [2.05, 4.69) is 32.0 Å². The van der Waals surface area contributed by atoms with Crippen molar-refractivity contribution in [3.8, 4) is 0 Å². The van der Waals surface area contributed by atoms with Crippen molar-refractivity contribution in [2.75, 3.05) is 7.11 Å². The van der Waals surface area contributed by atoms with E-state index < -0.39 is 12.0 Å². The Hall–Kier alpha value is 1.05. The van der Waals surface area contributed by atoms with E-state index in [1.54, 1.807) is 0 Å². The van der Waals surface area contributed by atoms with Gasteiger partial charge in [0.25, 0.3) is 0 Å². The van der Waals surface area contributed by atoms with Crippen molar-refractivity contribution in [2.45, 2.75) is 11.9 Å². The van der Waals surface area contributed by atoms with Crippen LogP contribution < -0.4 is 0 Å². The molecular weight excluding hydrogens is 317 g/mol. The quantitative estimate of drug-likeness (QED) is 0.588. The Balaban J connectivity index is 3.61. The van der Waals surface area contributed by atoms with Crippen LogP contribution in [0.4, 0.5) is 0 Å². The summed E-state index contributed by atoms with van der Waals surface area (Å²) < 4.78 is 4.57. The van der Waals surface area contributed by atoms with E-state index in [1.807, 2.05) is 6.92 Å². The fraction of sp³-hybridized carbons (Fsp3) is 0.800. The van der Waals surface area contributed by atoms with E-state index in [1.165, 1.54) is 7.11 Å². The van der Waals surface area contributed by atoms with E-state index in [0.717, 1.165) is 5.02 Å². The molecule has 0 saturated carbocycles. The van der Waals surface area contributed by atoms with Crippen LogP contribution in [0.25, 0.3) is 0 Å². The van der Waals surface area contributed by atoms with Crippen LogP contribution in [0.15, 0.2) is 0 Å². The monoisotopic (exact) mass is 323 g/mol. The molecular formula is C5H9Br2O2Zn. The maximum absolute atomic E-state index is 10.8. The molecule has 0 N–H and O–H groups in total. The van der Waals surface area contributed by atoms with Crippen LogP contribution in [0.2, 0.25) is 5.02 Å². The molecule has 0 aromatic heterocycles. The topological polar surface area (TPSA) is 26.3 Å². The number of esters is 1. The number of ether oxygens (including phenoxy) is 1. The summed E-state index contributed by atoms with van der Waals surface area (Å²) in [6.45, 7) is 1.89. The summed E-state index contributed by atoms with van der Waals surface area (Å²) in [6.07, 6.45) is 0. The molecule has 0 bridgehead atoms. The molecule has 5 heteroatoms. The molecule has 0 fully saturated rings.